The molecule has 0 spiro atoms. The first-order valence-electron chi connectivity index (χ1n) is 8.30. The van der Waals surface area contributed by atoms with E-state index in [1.807, 2.05) is 56.3 Å². The van der Waals surface area contributed by atoms with Crippen molar-refractivity contribution in [2.75, 3.05) is 0 Å². The van der Waals surface area contributed by atoms with Crippen LogP contribution >= 0.6 is 0 Å². The fraction of sp³-hybridized carbons (Fsp3) is 0.150. The second kappa shape index (κ2) is 7.23. The lowest BCUT2D eigenvalue weighted by Crippen LogP contribution is -2.24. The van der Waals surface area contributed by atoms with Crippen molar-refractivity contribution in [1.29, 1.82) is 5.41 Å². The van der Waals surface area contributed by atoms with Crippen LogP contribution in [0, 0.1) is 19.3 Å². The molecule has 0 saturated carbocycles. The van der Waals surface area contributed by atoms with Crippen molar-refractivity contribution in [1.82, 2.24) is 15.1 Å². The molecule has 3 aromatic rings. The minimum Gasteiger partial charge on any atom is -0.384 e. The minimum absolute atomic E-state index is 0.0279. The SMILES string of the molecule is Cc1nn(-c2ccccc2)c(C)c1C(=O)NCc1ccc(C(=N)N)cc1. The predicted molar refractivity (Wildman–Crippen MR) is 102 cm³/mol. The van der Waals surface area contributed by atoms with Gasteiger partial charge in [0, 0.05) is 12.1 Å². The third-order valence-electron chi connectivity index (χ3n) is 4.24. The summed E-state index contributed by atoms with van der Waals surface area (Å²) >= 11 is 0. The first kappa shape index (κ1) is 17.4. The Morgan fingerprint density at radius 3 is 2.38 bits per heavy atom. The van der Waals surface area contributed by atoms with Crippen LogP contribution in [0.3, 0.4) is 0 Å². The van der Waals surface area contributed by atoms with E-state index in [1.165, 1.54) is 0 Å². The smallest absolute Gasteiger partial charge is 0.255 e. The molecular formula is C20H21N5O. The van der Waals surface area contributed by atoms with Crippen LogP contribution in [0.2, 0.25) is 0 Å². The Morgan fingerprint density at radius 2 is 1.77 bits per heavy atom. The van der Waals surface area contributed by atoms with E-state index in [1.54, 1.807) is 16.8 Å². The highest BCUT2D eigenvalue weighted by Gasteiger charge is 2.19. The second-order valence-electron chi connectivity index (χ2n) is 6.09. The van der Waals surface area contributed by atoms with Gasteiger partial charge in [0.1, 0.15) is 5.84 Å². The highest BCUT2D eigenvalue weighted by Crippen LogP contribution is 2.18. The summed E-state index contributed by atoms with van der Waals surface area (Å²) < 4.78 is 1.78. The molecule has 0 unspecified atom stereocenters. The van der Waals surface area contributed by atoms with Crippen molar-refractivity contribution in [2.45, 2.75) is 20.4 Å². The quantitative estimate of drug-likeness (QED) is 0.489. The number of hydrogen-bond donors (Lipinski definition) is 3. The maximum Gasteiger partial charge on any atom is 0.255 e. The number of nitrogens with two attached hydrogens (primary N) is 1. The van der Waals surface area contributed by atoms with Crippen LogP contribution in [-0.4, -0.2) is 21.5 Å². The van der Waals surface area contributed by atoms with Crippen molar-refractivity contribution in [3.05, 3.63) is 82.7 Å². The Balaban J connectivity index is 1.76. The maximum absolute atomic E-state index is 12.7. The van der Waals surface area contributed by atoms with E-state index >= 15 is 0 Å². The van der Waals surface area contributed by atoms with E-state index in [2.05, 4.69) is 10.4 Å². The fourth-order valence-electron chi connectivity index (χ4n) is 2.86. The standard InChI is InChI=1S/C20H21N5O/c1-13-18(14(2)25(24-13)17-6-4-3-5-7-17)20(26)23-12-15-8-10-16(11-9-15)19(21)22/h3-11H,12H2,1-2H3,(H3,21,22)(H,23,26). The van der Waals surface area contributed by atoms with Crippen LogP contribution in [0.15, 0.2) is 54.6 Å². The van der Waals surface area contributed by atoms with Crippen molar-refractivity contribution in [3.63, 3.8) is 0 Å². The third-order valence-corrected chi connectivity index (χ3v) is 4.24. The molecule has 6 heteroatoms. The zero-order valence-electron chi connectivity index (χ0n) is 14.8. The molecule has 2 aromatic carbocycles. The number of nitrogens with one attached hydrogen (secondary N) is 2. The molecule has 0 atom stereocenters. The maximum atomic E-state index is 12.7. The molecule has 1 heterocycles. The summed E-state index contributed by atoms with van der Waals surface area (Å²) in [5.74, 6) is -0.127. The molecular weight excluding hydrogens is 326 g/mol. The molecule has 132 valence electrons. The average Bonchev–Trinajstić information content (AvgIpc) is 2.95. The largest absolute Gasteiger partial charge is 0.384 e. The lowest BCUT2D eigenvalue weighted by atomic mass is 10.1. The van der Waals surface area contributed by atoms with Gasteiger partial charge >= 0.3 is 0 Å². The number of nitrogen functional groups attached to an aromatic ring is 1. The number of carbonyl (C=O) groups is 1. The van der Waals surface area contributed by atoms with Gasteiger partial charge in [0.2, 0.25) is 0 Å². The number of nitrogens with zero attached hydrogens (tertiary/aromatic N) is 2. The molecule has 26 heavy (non-hydrogen) atoms. The highest BCUT2D eigenvalue weighted by molar-refractivity contribution is 5.96. The predicted octanol–water partition coefficient (Wildman–Crippen LogP) is 2.70. The van der Waals surface area contributed by atoms with Crippen molar-refractivity contribution >= 4 is 11.7 Å². The molecule has 0 radical (unpaired) electrons. The number of amides is 1. The van der Waals surface area contributed by atoms with Gasteiger partial charge in [-0.1, -0.05) is 42.5 Å². The van der Waals surface area contributed by atoms with Gasteiger partial charge in [0.25, 0.3) is 5.91 Å². The first-order valence-corrected chi connectivity index (χ1v) is 8.30. The Morgan fingerprint density at radius 1 is 1.12 bits per heavy atom. The Kier molecular flexibility index (Phi) is 4.84. The summed E-state index contributed by atoms with van der Waals surface area (Å²) in [6.07, 6.45) is 0. The Labute approximate surface area is 152 Å². The third kappa shape index (κ3) is 3.49. The van der Waals surface area contributed by atoms with Gasteiger partial charge in [-0.15, -0.1) is 0 Å². The van der Waals surface area contributed by atoms with Crippen LogP contribution in [0.5, 0.6) is 0 Å². The molecule has 0 bridgehead atoms. The zero-order valence-corrected chi connectivity index (χ0v) is 14.8. The molecule has 0 saturated heterocycles. The van der Waals surface area contributed by atoms with Crippen molar-refractivity contribution < 1.29 is 4.79 Å². The van der Waals surface area contributed by atoms with E-state index in [9.17, 15) is 4.79 Å². The second-order valence-corrected chi connectivity index (χ2v) is 6.09. The topological polar surface area (TPSA) is 96.8 Å². The highest BCUT2D eigenvalue weighted by atomic mass is 16.1. The summed E-state index contributed by atoms with van der Waals surface area (Å²) in [6.45, 7) is 4.12. The van der Waals surface area contributed by atoms with Crippen LogP contribution in [0.25, 0.3) is 5.69 Å². The van der Waals surface area contributed by atoms with Gasteiger partial charge in [-0.25, -0.2) is 4.68 Å². The summed E-state index contributed by atoms with van der Waals surface area (Å²) in [7, 11) is 0. The van der Waals surface area contributed by atoms with E-state index in [4.69, 9.17) is 11.1 Å². The first-order chi connectivity index (χ1) is 12.5. The average molecular weight is 347 g/mol. The van der Waals surface area contributed by atoms with Crippen LogP contribution in [0.1, 0.15) is 32.9 Å². The molecule has 0 aliphatic rings. The molecule has 0 aliphatic heterocycles. The van der Waals surface area contributed by atoms with E-state index in [0.717, 1.165) is 16.9 Å². The molecule has 6 nitrogen and oxygen atoms in total. The van der Waals surface area contributed by atoms with E-state index < -0.39 is 0 Å². The number of hydrogen-bond acceptors (Lipinski definition) is 3. The summed E-state index contributed by atoms with van der Waals surface area (Å²) in [4.78, 5) is 12.7. The number of aromatic nitrogens is 2. The molecule has 0 aliphatic carbocycles. The molecule has 0 fully saturated rings. The van der Waals surface area contributed by atoms with Crippen molar-refractivity contribution in [2.24, 2.45) is 5.73 Å². The van der Waals surface area contributed by atoms with E-state index in [0.29, 0.717) is 23.4 Å². The molecule has 1 aromatic heterocycles. The van der Waals surface area contributed by atoms with Crippen LogP contribution < -0.4 is 11.1 Å². The number of amidine groups is 1. The van der Waals surface area contributed by atoms with Gasteiger partial charge in [0.15, 0.2) is 0 Å². The Hall–Kier alpha value is -3.41. The lowest BCUT2D eigenvalue weighted by molar-refractivity contribution is 0.0949. The summed E-state index contributed by atoms with van der Waals surface area (Å²) in [5.41, 5.74) is 10.1. The lowest BCUT2D eigenvalue weighted by Gasteiger charge is -2.07. The molecule has 3 rings (SSSR count). The van der Waals surface area contributed by atoms with Gasteiger partial charge in [-0.2, -0.15) is 5.10 Å². The fourth-order valence-corrected chi connectivity index (χ4v) is 2.86. The number of carbonyl (C=O) groups excluding carboxylic acids is 1. The number of benzene rings is 2. The monoisotopic (exact) mass is 347 g/mol. The van der Waals surface area contributed by atoms with Crippen LogP contribution in [-0.2, 0) is 6.54 Å². The molecule has 1 amide bonds. The number of rotatable bonds is 5. The van der Waals surface area contributed by atoms with Crippen molar-refractivity contribution in [3.8, 4) is 5.69 Å². The summed E-state index contributed by atoms with van der Waals surface area (Å²) in [6, 6.07) is 17.0. The zero-order chi connectivity index (χ0) is 18.7. The van der Waals surface area contributed by atoms with Gasteiger partial charge in [0.05, 0.1) is 22.6 Å². The van der Waals surface area contributed by atoms with Gasteiger partial charge < -0.3 is 11.1 Å². The summed E-state index contributed by atoms with van der Waals surface area (Å²) in [5, 5.41) is 14.8. The number of para-hydroxylation sites is 1. The van der Waals surface area contributed by atoms with E-state index in [-0.39, 0.29) is 11.7 Å². The van der Waals surface area contributed by atoms with Gasteiger partial charge in [-0.3, -0.25) is 10.2 Å². The van der Waals surface area contributed by atoms with Gasteiger partial charge in [-0.05, 0) is 31.5 Å². The number of aryl methyl sites for hydroxylation is 1. The normalized spacial score (nSPS) is 10.5. The Bertz CT molecular complexity index is 942. The van der Waals surface area contributed by atoms with Crippen LogP contribution in [0.4, 0.5) is 0 Å². The minimum atomic E-state index is -0.155. The molecule has 4 N–H and O–H groups in total.